The molecule has 0 radical (unpaired) electrons. The van der Waals surface area contributed by atoms with Crippen LogP contribution in [0.4, 0.5) is 0 Å². The smallest absolute Gasteiger partial charge is 0.262 e. The molecule has 2 aromatic rings. The molecular formula is C18H14Cl2N2O4. The first kappa shape index (κ1) is 18.4. The zero-order chi connectivity index (χ0) is 19.3. The van der Waals surface area contributed by atoms with Crippen molar-refractivity contribution >= 4 is 46.6 Å². The van der Waals surface area contributed by atoms with Crippen LogP contribution >= 0.6 is 23.2 Å². The summed E-state index contributed by atoms with van der Waals surface area (Å²) >= 11 is 11.8. The van der Waals surface area contributed by atoms with Gasteiger partial charge in [0.05, 0.1) is 33.4 Å². The molecule has 1 aromatic heterocycles. The van der Waals surface area contributed by atoms with Crippen molar-refractivity contribution in [3.05, 3.63) is 55.8 Å². The number of carbonyl (C=O) groups is 4. The first-order valence-corrected chi connectivity index (χ1v) is 8.47. The Morgan fingerprint density at radius 3 is 1.96 bits per heavy atom. The number of halogens is 2. The van der Waals surface area contributed by atoms with E-state index in [1.807, 2.05) is 0 Å². The Morgan fingerprint density at radius 1 is 1.04 bits per heavy atom. The third-order valence-corrected chi connectivity index (χ3v) is 5.10. The van der Waals surface area contributed by atoms with Crippen LogP contribution < -0.4 is 0 Å². The normalized spacial score (nSPS) is 13.3. The number of rotatable bonds is 4. The Kier molecular flexibility index (Phi) is 4.50. The highest BCUT2D eigenvalue weighted by molar-refractivity contribution is 6.43. The second kappa shape index (κ2) is 6.37. The van der Waals surface area contributed by atoms with E-state index in [1.165, 1.54) is 19.1 Å². The minimum absolute atomic E-state index is 0.112. The molecule has 6 nitrogen and oxygen atoms in total. The molecule has 1 N–H and O–H groups in total. The van der Waals surface area contributed by atoms with Gasteiger partial charge in [-0.05, 0) is 38.5 Å². The fraction of sp³-hybridized carbons (Fsp3) is 0.222. The predicted molar refractivity (Wildman–Crippen MR) is 96.4 cm³/mol. The Labute approximate surface area is 159 Å². The topological polar surface area (TPSA) is 87.3 Å². The zero-order valence-electron chi connectivity index (χ0n) is 14.2. The number of carbonyl (C=O) groups excluding carboxylic acids is 4. The summed E-state index contributed by atoms with van der Waals surface area (Å²) in [6.45, 7) is 4.30. The molecule has 0 fully saturated rings. The minimum Gasteiger partial charge on any atom is -0.355 e. The number of hydrogen-bond acceptors (Lipinski definition) is 4. The monoisotopic (exact) mass is 392 g/mol. The van der Waals surface area contributed by atoms with Crippen LogP contribution in [-0.4, -0.2) is 39.8 Å². The van der Waals surface area contributed by atoms with Crippen LogP contribution in [0.2, 0.25) is 10.0 Å². The fourth-order valence-corrected chi connectivity index (χ4v) is 3.53. The molecule has 0 atom stereocenters. The molecule has 0 spiro atoms. The van der Waals surface area contributed by atoms with Crippen molar-refractivity contribution in [3.8, 4) is 0 Å². The molecule has 134 valence electrons. The summed E-state index contributed by atoms with van der Waals surface area (Å²) in [5.41, 5.74) is 1.94. The van der Waals surface area contributed by atoms with E-state index in [0.29, 0.717) is 16.8 Å². The first-order valence-electron chi connectivity index (χ1n) is 7.72. The van der Waals surface area contributed by atoms with E-state index in [1.54, 1.807) is 13.8 Å². The van der Waals surface area contributed by atoms with Gasteiger partial charge in [-0.1, -0.05) is 23.2 Å². The lowest BCUT2D eigenvalue weighted by atomic mass is 10.1. The van der Waals surface area contributed by atoms with E-state index in [-0.39, 0.29) is 32.6 Å². The first-order chi connectivity index (χ1) is 12.1. The minimum atomic E-state index is -0.607. The quantitative estimate of drug-likeness (QED) is 0.635. The summed E-state index contributed by atoms with van der Waals surface area (Å²) in [5, 5.41) is 0.309. The van der Waals surface area contributed by atoms with Crippen LogP contribution in [0.1, 0.15) is 59.7 Å². The van der Waals surface area contributed by atoms with Gasteiger partial charge in [-0.3, -0.25) is 24.1 Å². The standard InChI is InChI=1S/C18H14Cl2N2O4/c1-7-15(9(3)23)8(2)21-16(7)14(24)6-22-17(25)10-4-12(19)13(20)5-11(10)18(22)26/h4-5,21H,6H2,1-3H3. The molecule has 0 bridgehead atoms. The second-order valence-electron chi connectivity index (χ2n) is 6.11. The maximum Gasteiger partial charge on any atom is 0.262 e. The van der Waals surface area contributed by atoms with Crippen LogP contribution in [0.25, 0.3) is 0 Å². The van der Waals surface area contributed by atoms with Crippen molar-refractivity contribution in [2.75, 3.05) is 6.54 Å². The van der Waals surface area contributed by atoms with Gasteiger partial charge in [0.15, 0.2) is 11.6 Å². The van der Waals surface area contributed by atoms with Gasteiger partial charge in [0.1, 0.15) is 0 Å². The molecular weight excluding hydrogens is 379 g/mol. The molecule has 1 aliphatic rings. The lowest BCUT2D eigenvalue weighted by Gasteiger charge is -2.12. The summed E-state index contributed by atoms with van der Waals surface area (Å²) in [6.07, 6.45) is 0. The highest BCUT2D eigenvalue weighted by Crippen LogP contribution is 2.31. The number of benzene rings is 1. The van der Waals surface area contributed by atoms with Gasteiger partial charge in [0.2, 0.25) is 0 Å². The van der Waals surface area contributed by atoms with Gasteiger partial charge in [-0.2, -0.15) is 0 Å². The van der Waals surface area contributed by atoms with Crippen molar-refractivity contribution in [1.82, 2.24) is 9.88 Å². The average molecular weight is 393 g/mol. The van der Waals surface area contributed by atoms with Crippen LogP contribution in [0.15, 0.2) is 12.1 Å². The van der Waals surface area contributed by atoms with Crippen molar-refractivity contribution in [2.24, 2.45) is 0 Å². The number of H-pyrrole nitrogens is 1. The van der Waals surface area contributed by atoms with E-state index in [9.17, 15) is 19.2 Å². The van der Waals surface area contributed by atoms with Gasteiger partial charge in [0, 0.05) is 11.3 Å². The molecule has 2 amide bonds. The van der Waals surface area contributed by atoms with Gasteiger partial charge < -0.3 is 4.98 Å². The predicted octanol–water partition coefficient (Wildman–Crippen LogP) is 3.62. The highest BCUT2D eigenvalue weighted by atomic mass is 35.5. The number of imide groups is 1. The van der Waals surface area contributed by atoms with Crippen molar-refractivity contribution in [1.29, 1.82) is 0 Å². The Bertz CT molecular complexity index is 966. The number of aromatic amines is 1. The number of aromatic nitrogens is 1. The van der Waals surface area contributed by atoms with Gasteiger partial charge in [-0.15, -0.1) is 0 Å². The molecule has 0 saturated carbocycles. The summed E-state index contributed by atoms with van der Waals surface area (Å²) in [7, 11) is 0. The molecule has 1 aliphatic heterocycles. The molecule has 3 rings (SSSR count). The van der Waals surface area contributed by atoms with Crippen molar-refractivity contribution in [3.63, 3.8) is 0 Å². The van der Waals surface area contributed by atoms with Gasteiger partial charge in [0.25, 0.3) is 11.8 Å². The molecule has 26 heavy (non-hydrogen) atoms. The molecule has 8 heteroatoms. The Hall–Kier alpha value is -2.44. The van der Waals surface area contributed by atoms with Crippen LogP contribution in [0.5, 0.6) is 0 Å². The maximum absolute atomic E-state index is 12.6. The number of ketones is 2. The lowest BCUT2D eigenvalue weighted by Crippen LogP contribution is -2.35. The number of nitrogens with zero attached hydrogens (tertiary/aromatic N) is 1. The van der Waals surface area contributed by atoms with Crippen LogP contribution in [0.3, 0.4) is 0 Å². The number of nitrogens with one attached hydrogen (secondary N) is 1. The van der Waals surface area contributed by atoms with E-state index >= 15 is 0 Å². The number of aryl methyl sites for hydroxylation is 1. The van der Waals surface area contributed by atoms with Crippen molar-refractivity contribution in [2.45, 2.75) is 20.8 Å². The molecule has 0 unspecified atom stereocenters. The summed E-state index contributed by atoms with van der Waals surface area (Å²) in [5.74, 6) is -1.85. The molecule has 0 aliphatic carbocycles. The average Bonchev–Trinajstić information content (AvgIpc) is 2.97. The van der Waals surface area contributed by atoms with E-state index in [2.05, 4.69) is 4.98 Å². The SMILES string of the molecule is CC(=O)c1c(C)[nH]c(C(=O)CN2C(=O)c3cc(Cl)c(Cl)cc3C2=O)c1C. The Morgan fingerprint density at radius 2 is 1.54 bits per heavy atom. The fourth-order valence-electron chi connectivity index (χ4n) is 3.21. The summed E-state index contributed by atoms with van der Waals surface area (Å²) in [6, 6.07) is 2.64. The second-order valence-corrected chi connectivity index (χ2v) is 6.93. The van der Waals surface area contributed by atoms with Crippen molar-refractivity contribution < 1.29 is 19.2 Å². The van der Waals surface area contributed by atoms with E-state index in [4.69, 9.17) is 23.2 Å². The van der Waals surface area contributed by atoms with Crippen LogP contribution in [0, 0.1) is 13.8 Å². The number of amides is 2. The number of fused-ring (bicyclic) bond motifs is 1. The molecule has 0 saturated heterocycles. The number of Topliss-reactive ketones (excluding diaryl/α,β-unsaturated/α-hetero) is 2. The third kappa shape index (κ3) is 2.75. The zero-order valence-corrected chi connectivity index (χ0v) is 15.7. The van der Waals surface area contributed by atoms with Crippen LogP contribution in [-0.2, 0) is 0 Å². The third-order valence-electron chi connectivity index (χ3n) is 4.38. The molecule has 1 aromatic carbocycles. The van der Waals surface area contributed by atoms with E-state index in [0.717, 1.165) is 4.90 Å². The Balaban J connectivity index is 1.92. The van der Waals surface area contributed by atoms with Gasteiger partial charge in [-0.25, -0.2) is 0 Å². The maximum atomic E-state index is 12.6. The largest absolute Gasteiger partial charge is 0.355 e. The summed E-state index contributed by atoms with van der Waals surface area (Å²) < 4.78 is 0. The number of hydrogen-bond donors (Lipinski definition) is 1. The molecule has 2 heterocycles. The lowest BCUT2D eigenvalue weighted by molar-refractivity contribution is 0.0623. The van der Waals surface area contributed by atoms with E-state index < -0.39 is 24.1 Å². The summed E-state index contributed by atoms with van der Waals surface area (Å²) in [4.78, 5) is 53.1. The van der Waals surface area contributed by atoms with Gasteiger partial charge >= 0.3 is 0 Å². The highest BCUT2D eigenvalue weighted by Gasteiger charge is 2.38.